The quantitative estimate of drug-likeness (QED) is 0.907. The van der Waals surface area contributed by atoms with Crippen LogP contribution < -0.4 is 10.5 Å². The van der Waals surface area contributed by atoms with E-state index in [4.69, 9.17) is 26.5 Å². The van der Waals surface area contributed by atoms with Crippen LogP contribution >= 0.6 is 11.6 Å². The predicted octanol–water partition coefficient (Wildman–Crippen LogP) is 3.55. The molecule has 0 aliphatic rings. The van der Waals surface area contributed by atoms with Crippen molar-refractivity contribution >= 4 is 22.6 Å². The maximum Gasteiger partial charge on any atom is 0.177 e. The fourth-order valence-corrected chi connectivity index (χ4v) is 2.40. The Kier molecular flexibility index (Phi) is 3.60. The number of rotatable bonds is 4. The van der Waals surface area contributed by atoms with Crippen molar-refractivity contribution in [2.24, 2.45) is 5.73 Å². The molecule has 1 atom stereocenters. The molecule has 1 aromatic heterocycles. The lowest BCUT2D eigenvalue weighted by Crippen LogP contribution is -2.05. The van der Waals surface area contributed by atoms with Crippen LogP contribution in [-0.2, 0) is 0 Å². The first-order chi connectivity index (χ1) is 8.19. The van der Waals surface area contributed by atoms with E-state index >= 15 is 0 Å². The van der Waals surface area contributed by atoms with E-state index in [0.29, 0.717) is 23.8 Å². The summed E-state index contributed by atoms with van der Waals surface area (Å²) in [5, 5.41) is 1.63. The smallest absolute Gasteiger partial charge is 0.177 e. The lowest BCUT2D eigenvalue weighted by Gasteiger charge is -2.14. The van der Waals surface area contributed by atoms with E-state index in [1.807, 2.05) is 12.1 Å². The van der Waals surface area contributed by atoms with Crippen molar-refractivity contribution in [1.29, 1.82) is 0 Å². The van der Waals surface area contributed by atoms with Gasteiger partial charge in [-0.3, -0.25) is 0 Å². The van der Waals surface area contributed by atoms with Crippen molar-refractivity contribution in [3.8, 4) is 5.75 Å². The van der Waals surface area contributed by atoms with Gasteiger partial charge in [-0.2, -0.15) is 0 Å². The largest absolute Gasteiger partial charge is 0.493 e. The highest BCUT2D eigenvalue weighted by Gasteiger charge is 2.17. The van der Waals surface area contributed by atoms with Gasteiger partial charge < -0.3 is 14.9 Å². The first-order valence-corrected chi connectivity index (χ1v) is 6.00. The van der Waals surface area contributed by atoms with E-state index in [1.165, 1.54) is 0 Å². The summed E-state index contributed by atoms with van der Waals surface area (Å²) in [4.78, 5) is 0. The minimum absolute atomic E-state index is 0.306. The van der Waals surface area contributed by atoms with Crippen LogP contribution in [-0.4, -0.2) is 13.7 Å². The third-order valence-corrected chi connectivity index (χ3v) is 3.44. The van der Waals surface area contributed by atoms with E-state index in [1.54, 1.807) is 13.4 Å². The number of benzene rings is 1. The van der Waals surface area contributed by atoms with Gasteiger partial charge in [-0.05, 0) is 36.6 Å². The minimum Gasteiger partial charge on any atom is -0.493 e. The highest BCUT2D eigenvalue weighted by Crippen LogP contribution is 2.39. The third kappa shape index (κ3) is 2.13. The zero-order valence-electron chi connectivity index (χ0n) is 10.00. The van der Waals surface area contributed by atoms with Gasteiger partial charge in [0.25, 0.3) is 0 Å². The molecular weight excluding hydrogens is 238 g/mol. The summed E-state index contributed by atoms with van der Waals surface area (Å²) in [7, 11) is 1.63. The molecule has 17 heavy (non-hydrogen) atoms. The molecule has 0 bridgehead atoms. The average Bonchev–Trinajstić information content (AvgIpc) is 2.79. The van der Waals surface area contributed by atoms with Crippen molar-refractivity contribution in [2.75, 3.05) is 13.7 Å². The predicted molar refractivity (Wildman–Crippen MR) is 69.9 cm³/mol. The number of methoxy groups -OCH3 is 1. The van der Waals surface area contributed by atoms with Crippen molar-refractivity contribution in [3.05, 3.63) is 29.0 Å². The highest BCUT2D eigenvalue weighted by atomic mass is 35.5. The SMILES string of the molecule is COc1cc(C(C)CCN)c(Cl)c2ccoc12. The maximum atomic E-state index is 6.39. The monoisotopic (exact) mass is 253 g/mol. The topological polar surface area (TPSA) is 48.4 Å². The fourth-order valence-electron chi connectivity index (χ4n) is 2.01. The Hall–Kier alpha value is -1.19. The van der Waals surface area contributed by atoms with Gasteiger partial charge >= 0.3 is 0 Å². The highest BCUT2D eigenvalue weighted by molar-refractivity contribution is 6.36. The molecule has 0 aliphatic carbocycles. The standard InChI is InChI=1S/C13H16ClNO2/c1-8(3-5-15)10-7-11(16-2)13-9(12(10)14)4-6-17-13/h4,6-8H,3,5,15H2,1-2H3. The normalized spacial score (nSPS) is 12.9. The van der Waals surface area contributed by atoms with E-state index in [9.17, 15) is 0 Å². The second-order valence-electron chi connectivity index (χ2n) is 4.12. The van der Waals surface area contributed by atoms with E-state index < -0.39 is 0 Å². The van der Waals surface area contributed by atoms with E-state index in [-0.39, 0.29) is 0 Å². The molecule has 0 saturated carbocycles. The van der Waals surface area contributed by atoms with Crippen LogP contribution in [0.1, 0.15) is 24.8 Å². The summed E-state index contributed by atoms with van der Waals surface area (Å²) in [5.41, 5.74) is 7.34. The molecule has 92 valence electrons. The second-order valence-corrected chi connectivity index (χ2v) is 4.50. The Morgan fingerprint density at radius 1 is 1.53 bits per heavy atom. The number of hydrogen-bond acceptors (Lipinski definition) is 3. The molecular formula is C13H16ClNO2. The zero-order valence-corrected chi connectivity index (χ0v) is 10.8. The molecule has 0 spiro atoms. The van der Waals surface area contributed by atoms with Gasteiger partial charge in [-0.25, -0.2) is 0 Å². The van der Waals surface area contributed by atoms with Crippen molar-refractivity contribution < 1.29 is 9.15 Å². The number of nitrogens with two attached hydrogens (primary N) is 1. The molecule has 0 radical (unpaired) electrons. The molecule has 3 nitrogen and oxygen atoms in total. The summed E-state index contributed by atoms with van der Waals surface area (Å²) in [6.07, 6.45) is 2.52. The lowest BCUT2D eigenvalue weighted by molar-refractivity contribution is 0.409. The zero-order chi connectivity index (χ0) is 12.4. The number of halogens is 1. The van der Waals surface area contributed by atoms with Gasteiger partial charge in [-0.1, -0.05) is 18.5 Å². The van der Waals surface area contributed by atoms with Crippen LogP contribution in [0, 0.1) is 0 Å². The summed E-state index contributed by atoms with van der Waals surface area (Å²) < 4.78 is 10.7. The molecule has 4 heteroatoms. The summed E-state index contributed by atoms with van der Waals surface area (Å²) in [5.74, 6) is 1.02. The molecule has 1 unspecified atom stereocenters. The molecule has 2 aromatic rings. The van der Waals surface area contributed by atoms with Crippen molar-refractivity contribution in [2.45, 2.75) is 19.3 Å². The molecule has 0 saturated heterocycles. The van der Waals surface area contributed by atoms with Gasteiger partial charge in [0, 0.05) is 5.39 Å². The Labute approximate surface area is 105 Å². The van der Waals surface area contributed by atoms with Crippen LogP contribution in [0.4, 0.5) is 0 Å². The van der Waals surface area contributed by atoms with Gasteiger partial charge in [0.15, 0.2) is 11.3 Å². The van der Waals surface area contributed by atoms with Gasteiger partial charge in [0.05, 0.1) is 18.4 Å². The van der Waals surface area contributed by atoms with Crippen LogP contribution in [0.3, 0.4) is 0 Å². The van der Waals surface area contributed by atoms with Crippen LogP contribution in [0.5, 0.6) is 5.75 Å². The Morgan fingerprint density at radius 2 is 2.29 bits per heavy atom. The number of hydrogen-bond donors (Lipinski definition) is 1. The first kappa shape index (κ1) is 12.3. The van der Waals surface area contributed by atoms with Crippen LogP contribution in [0.25, 0.3) is 11.0 Å². The molecule has 0 aliphatic heterocycles. The number of furan rings is 1. The lowest BCUT2D eigenvalue weighted by atomic mass is 9.96. The Morgan fingerprint density at radius 3 is 2.94 bits per heavy atom. The summed E-state index contributed by atoms with van der Waals surface area (Å²) >= 11 is 6.39. The van der Waals surface area contributed by atoms with Gasteiger partial charge in [0.2, 0.25) is 0 Å². The maximum absolute atomic E-state index is 6.39. The summed E-state index contributed by atoms with van der Waals surface area (Å²) in [6.45, 7) is 2.75. The van der Waals surface area contributed by atoms with Gasteiger partial charge in [-0.15, -0.1) is 0 Å². The molecule has 1 heterocycles. The van der Waals surface area contributed by atoms with E-state index in [0.717, 1.165) is 22.4 Å². The van der Waals surface area contributed by atoms with E-state index in [2.05, 4.69) is 6.92 Å². The van der Waals surface area contributed by atoms with Crippen LogP contribution in [0.2, 0.25) is 5.02 Å². The first-order valence-electron chi connectivity index (χ1n) is 5.62. The second kappa shape index (κ2) is 4.98. The minimum atomic E-state index is 0.306. The van der Waals surface area contributed by atoms with Crippen LogP contribution in [0.15, 0.2) is 22.8 Å². The van der Waals surface area contributed by atoms with Crippen molar-refractivity contribution in [1.82, 2.24) is 0 Å². The molecule has 1 aromatic carbocycles. The average molecular weight is 254 g/mol. The van der Waals surface area contributed by atoms with Crippen molar-refractivity contribution in [3.63, 3.8) is 0 Å². The number of ether oxygens (including phenoxy) is 1. The third-order valence-electron chi connectivity index (χ3n) is 3.02. The Bertz CT molecular complexity index is 521. The molecule has 0 fully saturated rings. The molecule has 2 rings (SSSR count). The number of fused-ring (bicyclic) bond motifs is 1. The van der Waals surface area contributed by atoms with Gasteiger partial charge in [0.1, 0.15) is 0 Å². The fraction of sp³-hybridized carbons (Fsp3) is 0.385. The Balaban J connectivity index is 2.59. The molecule has 0 amide bonds. The summed E-state index contributed by atoms with van der Waals surface area (Å²) in [6, 6.07) is 3.80. The molecule has 2 N–H and O–H groups in total.